The summed E-state index contributed by atoms with van der Waals surface area (Å²) in [5.41, 5.74) is 1.70. The van der Waals surface area contributed by atoms with Gasteiger partial charge in [0.2, 0.25) is 5.91 Å². The normalized spacial score (nSPS) is 23.0. The standard InChI is InChI=1S/C22H26N2O3/c25-19-13-22(10-4-1-5-11-22)14-20(26)16(19)15-23-17-7-2-3-8-18(17)24-12-6-9-21(24)27/h2-3,7-8,15,25H,1,4-6,9-14H2. The maximum atomic E-state index is 12.7. The molecule has 1 N–H and O–H groups in total. The van der Waals surface area contributed by atoms with E-state index >= 15 is 0 Å². The highest BCUT2D eigenvalue weighted by Gasteiger charge is 2.40. The number of benzene rings is 1. The Morgan fingerprint density at radius 3 is 2.52 bits per heavy atom. The molecule has 1 amide bonds. The molecule has 3 aliphatic rings. The second-order valence-corrected chi connectivity index (χ2v) is 8.09. The van der Waals surface area contributed by atoms with Gasteiger partial charge < -0.3 is 10.0 Å². The Balaban J connectivity index is 1.59. The van der Waals surface area contributed by atoms with Crippen molar-refractivity contribution in [3.63, 3.8) is 0 Å². The number of carbonyl (C=O) groups is 2. The molecule has 1 saturated carbocycles. The van der Waals surface area contributed by atoms with Crippen molar-refractivity contribution >= 4 is 29.3 Å². The summed E-state index contributed by atoms with van der Waals surface area (Å²) in [5.74, 6) is 0.262. The van der Waals surface area contributed by atoms with Gasteiger partial charge in [-0.3, -0.25) is 14.6 Å². The third-order valence-electron chi connectivity index (χ3n) is 6.18. The van der Waals surface area contributed by atoms with Gasteiger partial charge >= 0.3 is 0 Å². The Labute approximate surface area is 159 Å². The van der Waals surface area contributed by atoms with Crippen molar-refractivity contribution in [2.75, 3.05) is 11.4 Å². The van der Waals surface area contributed by atoms with Gasteiger partial charge in [0.05, 0.1) is 16.9 Å². The molecule has 0 radical (unpaired) electrons. The van der Waals surface area contributed by atoms with E-state index in [1.807, 2.05) is 24.3 Å². The SMILES string of the molecule is O=C1CC2(CCCCC2)CC(O)=C1C=Nc1ccccc1N1CCCC1=O. The van der Waals surface area contributed by atoms with Crippen molar-refractivity contribution in [1.82, 2.24) is 0 Å². The Kier molecular flexibility index (Phi) is 4.85. The van der Waals surface area contributed by atoms with Crippen LogP contribution in [0.5, 0.6) is 0 Å². The fourth-order valence-electron chi connectivity index (χ4n) is 4.75. The number of amides is 1. The van der Waals surface area contributed by atoms with E-state index in [-0.39, 0.29) is 22.9 Å². The zero-order valence-electron chi connectivity index (χ0n) is 15.6. The van der Waals surface area contributed by atoms with Crippen molar-refractivity contribution in [2.45, 2.75) is 57.8 Å². The molecule has 142 valence electrons. The highest BCUT2D eigenvalue weighted by molar-refractivity contribution is 6.15. The van der Waals surface area contributed by atoms with Crippen molar-refractivity contribution in [3.8, 4) is 0 Å². The number of aliphatic imine (C=N–C) groups is 1. The third kappa shape index (κ3) is 3.55. The van der Waals surface area contributed by atoms with Gasteiger partial charge in [0, 0.05) is 32.0 Å². The molecule has 0 unspecified atom stereocenters. The van der Waals surface area contributed by atoms with Crippen molar-refractivity contribution in [1.29, 1.82) is 0 Å². The average molecular weight is 366 g/mol. The first-order chi connectivity index (χ1) is 13.1. The molecule has 5 heteroatoms. The van der Waals surface area contributed by atoms with Crippen LogP contribution < -0.4 is 4.90 Å². The van der Waals surface area contributed by atoms with Crippen LogP contribution in [0.1, 0.15) is 57.8 Å². The number of aliphatic hydroxyl groups is 1. The monoisotopic (exact) mass is 366 g/mol. The lowest BCUT2D eigenvalue weighted by molar-refractivity contribution is -0.119. The Morgan fingerprint density at radius 1 is 1.04 bits per heavy atom. The molecule has 5 nitrogen and oxygen atoms in total. The summed E-state index contributed by atoms with van der Waals surface area (Å²) in [5, 5.41) is 10.6. The van der Waals surface area contributed by atoms with Crippen LogP contribution in [0.3, 0.4) is 0 Å². The zero-order valence-corrected chi connectivity index (χ0v) is 15.6. The number of ketones is 1. The van der Waals surface area contributed by atoms with Crippen molar-refractivity contribution in [3.05, 3.63) is 35.6 Å². The van der Waals surface area contributed by atoms with E-state index in [0.29, 0.717) is 37.1 Å². The third-order valence-corrected chi connectivity index (χ3v) is 6.18. The van der Waals surface area contributed by atoms with Crippen molar-refractivity contribution in [2.24, 2.45) is 10.4 Å². The van der Waals surface area contributed by atoms with E-state index in [4.69, 9.17) is 0 Å². The minimum atomic E-state index is -0.0450. The molecule has 0 atom stereocenters. The summed E-state index contributed by atoms with van der Waals surface area (Å²) < 4.78 is 0. The van der Waals surface area contributed by atoms with Crippen LogP contribution in [0.2, 0.25) is 0 Å². The number of carbonyl (C=O) groups excluding carboxylic acids is 2. The van der Waals surface area contributed by atoms with Gasteiger partial charge in [0.1, 0.15) is 5.76 Å². The highest BCUT2D eigenvalue weighted by atomic mass is 16.3. The first kappa shape index (κ1) is 18.0. The molecule has 1 saturated heterocycles. The average Bonchev–Trinajstić information content (AvgIpc) is 3.08. The molecule has 4 rings (SSSR count). The van der Waals surface area contributed by atoms with Crippen LogP contribution in [0.25, 0.3) is 0 Å². The topological polar surface area (TPSA) is 70.0 Å². The van der Waals surface area contributed by atoms with E-state index < -0.39 is 0 Å². The van der Waals surface area contributed by atoms with Crippen LogP contribution in [0.15, 0.2) is 40.6 Å². The van der Waals surface area contributed by atoms with Crippen LogP contribution in [0, 0.1) is 5.41 Å². The second kappa shape index (κ2) is 7.29. The smallest absolute Gasteiger partial charge is 0.227 e. The van der Waals surface area contributed by atoms with Crippen LogP contribution in [-0.4, -0.2) is 29.6 Å². The van der Waals surface area contributed by atoms with Crippen LogP contribution in [-0.2, 0) is 9.59 Å². The zero-order chi connectivity index (χ0) is 18.9. The maximum Gasteiger partial charge on any atom is 0.227 e. The lowest BCUT2D eigenvalue weighted by Crippen LogP contribution is -2.33. The molecule has 0 aromatic heterocycles. The second-order valence-electron chi connectivity index (χ2n) is 8.09. The van der Waals surface area contributed by atoms with Gasteiger partial charge in [-0.1, -0.05) is 31.4 Å². The van der Waals surface area contributed by atoms with E-state index in [1.165, 1.54) is 12.6 Å². The molecule has 27 heavy (non-hydrogen) atoms. The number of para-hydroxylation sites is 2. The minimum absolute atomic E-state index is 0.0147. The fourth-order valence-corrected chi connectivity index (χ4v) is 4.75. The number of hydrogen-bond acceptors (Lipinski definition) is 4. The molecule has 0 bridgehead atoms. The number of anilines is 1. The minimum Gasteiger partial charge on any atom is -0.511 e. The summed E-state index contributed by atoms with van der Waals surface area (Å²) in [4.78, 5) is 31.0. The van der Waals surface area contributed by atoms with Crippen LogP contribution >= 0.6 is 0 Å². The van der Waals surface area contributed by atoms with E-state index in [9.17, 15) is 14.7 Å². The van der Waals surface area contributed by atoms with Crippen LogP contribution in [0.4, 0.5) is 11.4 Å². The van der Waals surface area contributed by atoms with Crippen molar-refractivity contribution < 1.29 is 14.7 Å². The number of rotatable bonds is 3. The molecule has 1 heterocycles. The van der Waals surface area contributed by atoms with Gasteiger partial charge in [0.25, 0.3) is 0 Å². The van der Waals surface area contributed by atoms with E-state index in [1.54, 1.807) is 4.90 Å². The largest absolute Gasteiger partial charge is 0.511 e. The molecular weight excluding hydrogens is 340 g/mol. The molecule has 1 aromatic rings. The first-order valence-electron chi connectivity index (χ1n) is 9.97. The quantitative estimate of drug-likeness (QED) is 0.792. The number of nitrogens with zero attached hydrogens (tertiary/aromatic N) is 2. The number of allylic oxidation sites excluding steroid dienone is 2. The summed E-state index contributed by atoms with van der Waals surface area (Å²) in [6.07, 6.45) is 9.53. The summed E-state index contributed by atoms with van der Waals surface area (Å²) >= 11 is 0. The predicted molar refractivity (Wildman–Crippen MR) is 106 cm³/mol. The van der Waals surface area contributed by atoms with E-state index in [2.05, 4.69) is 4.99 Å². The van der Waals surface area contributed by atoms with Gasteiger partial charge in [-0.15, -0.1) is 0 Å². The number of Topliss-reactive ketones (excluding diaryl/α,β-unsaturated/α-hetero) is 1. The summed E-state index contributed by atoms with van der Waals surface area (Å²) in [7, 11) is 0. The highest BCUT2D eigenvalue weighted by Crippen LogP contribution is 2.47. The Bertz CT molecular complexity index is 819. The van der Waals surface area contributed by atoms with Gasteiger partial charge in [-0.2, -0.15) is 0 Å². The van der Waals surface area contributed by atoms with E-state index in [0.717, 1.165) is 37.8 Å². The fraction of sp³-hybridized carbons (Fsp3) is 0.500. The summed E-state index contributed by atoms with van der Waals surface area (Å²) in [6.45, 7) is 0.695. The lowest BCUT2D eigenvalue weighted by Gasteiger charge is -2.39. The molecule has 2 fully saturated rings. The van der Waals surface area contributed by atoms with Gasteiger partial charge in [0.15, 0.2) is 5.78 Å². The predicted octanol–water partition coefficient (Wildman–Crippen LogP) is 4.64. The molecule has 2 aliphatic carbocycles. The molecule has 1 spiro atoms. The van der Waals surface area contributed by atoms with Gasteiger partial charge in [-0.25, -0.2) is 0 Å². The molecule has 1 aliphatic heterocycles. The van der Waals surface area contributed by atoms with Gasteiger partial charge in [-0.05, 0) is 36.8 Å². The first-order valence-corrected chi connectivity index (χ1v) is 9.97. The lowest BCUT2D eigenvalue weighted by atomic mass is 9.65. The number of aliphatic hydroxyl groups excluding tert-OH is 1. The Morgan fingerprint density at radius 2 is 1.81 bits per heavy atom. The number of hydrogen-bond donors (Lipinski definition) is 1. The molecular formula is C22H26N2O3. The summed E-state index contributed by atoms with van der Waals surface area (Å²) in [6, 6.07) is 7.47. The molecule has 1 aromatic carbocycles. The Hall–Kier alpha value is -2.43. The maximum absolute atomic E-state index is 12.7.